The zero-order valence-corrected chi connectivity index (χ0v) is 20.3. The number of nitrogens with one attached hydrogen (secondary N) is 2. The molecular formula is C25H22N4O6S. The van der Waals surface area contributed by atoms with Crippen LogP contribution in [0.3, 0.4) is 0 Å². The van der Waals surface area contributed by atoms with E-state index in [1.807, 2.05) is 31.2 Å². The molecule has 2 N–H and O–H groups in total. The van der Waals surface area contributed by atoms with Crippen LogP contribution in [-0.4, -0.2) is 34.1 Å². The summed E-state index contributed by atoms with van der Waals surface area (Å²) in [6.45, 7) is 4.48. The van der Waals surface area contributed by atoms with Gasteiger partial charge < -0.3 is 19.2 Å². The van der Waals surface area contributed by atoms with E-state index in [2.05, 4.69) is 15.6 Å². The summed E-state index contributed by atoms with van der Waals surface area (Å²) in [5, 5.41) is 16.8. The smallest absolute Gasteiger partial charge is 0.311 e. The van der Waals surface area contributed by atoms with Gasteiger partial charge in [-0.05, 0) is 80.7 Å². The summed E-state index contributed by atoms with van der Waals surface area (Å²) in [5.74, 6) is 0.710. The second-order valence-electron chi connectivity index (χ2n) is 7.44. The van der Waals surface area contributed by atoms with E-state index >= 15 is 0 Å². The molecule has 36 heavy (non-hydrogen) atoms. The average molecular weight is 507 g/mol. The lowest BCUT2D eigenvalue weighted by Gasteiger charge is -2.10. The summed E-state index contributed by atoms with van der Waals surface area (Å²) in [5.41, 5.74) is 2.33. The lowest BCUT2D eigenvalue weighted by Crippen LogP contribution is -2.34. The van der Waals surface area contributed by atoms with Crippen molar-refractivity contribution in [3.8, 4) is 23.0 Å². The molecule has 11 heteroatoms. The number of aromatic nitrogens is 1. The zero-order chi connectivity index (χ0) is 25.7. The molecule has 1 amide bonds. The molecule has 0 radical (unpaired) electrons. The van der Waals surface area contributed by atoms with Crippen LogP contribution in [0, 0.1) is 10.1 Å². The van der Waals surface area contributed by atoms with Crippen molar-refractivity contribution in [2.45, 2.75) is 13.8 Å². The van der Waals surface area contributed by atoms with Crippen LogP contribution in [0.25, 0.3) is 22.6 Å². The summed E-state index contributed by atoms with van der Waals surface area (Å²) >= 11 is 5.24. The molecule has 0 saturated carbocycles. The number of nitro groups is 1. The SMILES string of the molecule is CCOc1ccc(-c2nc3cc(NC(=S)NC(=O)c4ccc(OCC)c([N+](=O)[O-])c4)ccc3o2)cc1. The second-order valence-corrected chi connectivity index (χ2v) is 7.85. The van der Waals surface area contributed by atoms with E-state index in [1.165, 1.54) is 12.1 Å². The molecule has 4 aromatic rings. The van der Waals surface area contributed by atoms with Crippen LogP contribution in [-0.2, 0) is 0 Å². The Labute approximate surface area is 211 Å². The van der Waals surface area contributed by atoms with Gasteiger partial charge >= 0.3 is 5.69 Å². The van der Waals surface area contributed by atoms with Crippen molar-refractivity contribution >= 4 is 45.7 Å². The topological polar surface area (TPSA) is 129 Å². The number of amides is 1. The van der Waals surface area contributed by atoms with E-state index in [9.17, 15) is 14.9 Å². The summed E-state index contributed by atoms with van der Waals surface area (Å²) < 4.78 is 16.5. The first kappa shape index (κ1) is 24.6. The highest BCUT2D eigenvalue weighted by Crippen LogP contribution is 2.29. The molecule has 1 heterocycles. The van der Waals surface area contributed by atoms with Gasteiger partial charge in [-0.3, -0.25) is 20.2 Å². The number of anilines is 1. The number of rotatable bonds is 8. The molecular weight excluding hydrogens is 484 g/mol. The van der Waals surface area contributed by atoms with Gasteiger partial charge in [0.2, 0.25) is 5.89 Å². The lowest BCUT2D eigenvalue weighted by atomic mass is 10.1. The van der Waals surface area contributed by atoms with E-state index in [0.717, 1.165) is 17.4 Å². The molecule has 0 atom stereocenters. The van der Waals surface area contributed by atoms with E-state index in [0.29, 0.717) is 29.3 Å². The Morgan fingerprint density at radius 2 is 1.81 bits per heavy atom. The van der Waals surface area contributed by atoms with Crippen LogP contribution in [0.15, 0.2) is 65.1 Å². The molecule has 0 aliphatic rings. The van der Waals surface area contributed by atoms with Crippen LogP contribution < -0.4 is 20.1 Å². The Morgan fingerprint density at radius 3 is 2.50 bits per heavy atom. The van der Waals surface area contributed by atoms with Gasteiger partial charge in [0.1, 0.15) is 11.3 Å². The predicted molar refractivity (Wildman–Crippen MR) is 139 cm³/mol. The van der Waals surface area contributed by atoms with Crippen LogP contribution in [0.4, 0.5) is 11.4 Å². The molecule has 3 aromatic carbocycles. The van der Waals surface area contributed by atoms with Crippen LogP contribution in [0.5, 0.6) is 11.5 Å². The molecule has 0 fully saturated rings. The number of thiocarbonyl (C=S) groups is 1. The highest BCUT2D eigenvalue weighted by atomic mass is 32.1. The fourth-order valence-electron chi connectivity index (χ4n) is 3.41. The second kappa shape index (κ2) is 10.8. The third-order valence-electron chi connectivity index (χ3n) is 5.00. The average Bonchev–Trinajstić information content (AvgIpc) is 3.28. The number of fused-ring (bicyclic) bond motifs is 1. The first-order valence-corrected chi connectivity index (χ1v) is 11.5. The molecule has 0 bridgehead atoms. The molecule has 4 rings (SSSR count). The summed E-state index contributed by atoms with van der Waals surface area (Å²) in [6.07, 6.45) is 0. The van der Waals surface area contributed by atoms with E-state index in [-0.39, 0.29) is 28.7 Å². The van der Waals surface area contributed by atoms with Gasteiger partial charge in [-0.25, -0.2) is 4.98 Å². The normalized spacial score (nSPS) is 10.6. The van der Waals surface area contributed by atoms with E-state index in [1.54, 1.807) is 25.1 Å². The molecule has 10 nitrogen and oxygen atoms in total. The number of benzene rings is 3. The quantitative estimate of drug-likeness (QED) is 0.185. The van der Waals surface area contributed by atoms with Crippen LogP contribution in [0.1, 0.15) is 24.2 Å². The van der Waals surface area contributed by atoms with Gasteiger partial charge in [0.05, 0.1) is 18.1 Å². The fourth-order valence-corrected chi connectivity index (χ4v) is 3.62. The molecule has 0 aliphatic carbocycles. The maximum atomic E-state index is 12.6. The lowest BCUT2D eigenvalue weighted by molar-refractivity contribution is -0.385. The van der Waals surface area contributed by atoms with Crippen LogP contribution in [0.2, 0.25) is 0 Å². The van der Waals surface area contributed by atoms with E-state index in [4.69, 9.17) is 26.1 Å². The first-order chi connectivity index (χ1) is 17.4. The number of hydrogen-bond donors (Lipinski definition) is 2. The number of carbonyl (C=O) groups excluding carboxylic acids is 1. The largest absolute Gasteiger partial charge is 0.494 e. The number of carbonyl (C=O) groups is 1. The Hall–Kier alpha value is -4.51. The van der Waals surface area contributed by atoms with Crippen molar-refractivity contribution in [1.82, 2.24) is 10.3 Å². The Kier molecular flexibility index (Phi) is 7.40. The van der Waals surface area contributed by atoms with E-state index < -0.39 is 10.8 Å². The first-order valence-electron chi connectivity index (χ1n) is 11.0. The minimum atomic E-state index is -0.604. The molecule has 0 spiro atoms. The van der Waals surface area contributed by atoms with Gasteiger partial charge in [-0.15, -0.1) is 0 Å². The van der Waals surface area contributed by atoms with Crippen molar-refractivity contribution < 1.29 is 23.6 Å². The van der Waals surface area contributed by atoms with Gasteiger partial charge in [0.15, 0.2) is 16.4 Å². The van der Waals surface area contributed by atoms with Crippen molar-refractivity contribution in [1.29, 1.82) is 0 Å². The van der Waals surface area contributed by atoms with Crippen molar-refractivity contribution in [3.63, 3.8) is 0 Å². The number of nitrogens with zero attached hydrogens (tertiary/aromatic N) is 2. The third kappa shape index (κ3) is 5.58. The zero-order valence-electron chi connectivity index (χ0n) is 19.4. The standard InChI is InChI=1S/C25H22N4O6S/c1-3-33-18-9-5-15(6-10-18)24-27-19-14-17(8-12-21(19)35-24)26-25(36)28-23(30)16-7-11-22(34-4-2)20(13-16)29(31)32/h5-14H,3-4H2,1-2H3,(H2,26,28,30,36). The maximum Gasteiger partial charge on any atom is 0.311 e. The van der Waals surface area contributed by atoms with Gasteiger partial charge in [0.25, 0.3) is 5.91 Å². The third-order valence-corrected chi connectivity index (χ3v) is 5.21. The number of oxazole rings is 1. The highest BCUT2D eigenvalue weighted by molar-refractivity contribution is 7.80. The summed E-state index contributed by atoms with van der Waals surface area (Å²) in [4.78, 5) is 27.8. The Bertz CT molecular complexity index is 1430. The number of nitro benzene ring substituents is 1. The Balaban J connectivity index is 1.45. The molecule has 184 valence electrons. The highest BCUT2D eigenvalue weighted by Gasteiger charge is 2.19. The van der Waals surface area contributed by atoms with Crippen molar-refractivity contribution in [3.05, 3.63) is 76.3 Å². The van der Waals surface area contributed by atoms with Crippen molar-refractivity contribution in [2.24, 2.45) is 0 Å². The maximum absolute atomic E-state index is 12.6. The molecule has 0 aliphatic heterocycles. The molecule has 0 unspecified atom stereocenters. The van der Waals surface area contributed by atoms with Gasteiger partial charge in [-0.2, -0.15) is 0 Å². The fraction of sp³-hybridized carbons (Fsp3) is 0.160. The van der Waals surface area contributed by atoms with Gasteiger partial charge in [-0.1, -0.05) is 0 Å². The van der Waals surface area contributed by atoms with Gasteiger partial charge in [0, 0.05) is 22.9 Å². The minimum Gasteiger partial charge on any atom is -0.494 e. The summed E-state index contributed by atoms with van der Waals surface area (Å²) in [7, 11) is 0. The Morgan fingerprint density at radius 1 is 1.06 bits per heavy atom. The number of ether oxygens (including phenoxy) is 2. The monoisotopic (exact) mass is 506 g/mol. The van der Waals surface area contributed by atoms with Crippen molar-refractivity contribution in [2.75, 3.05) is 18.5 Å². The summed E-state index contributed by atoms with van der Waals surface area (Å²) in [6, 6.07) is 16.6. The minimum absolute atomic E-state index is 0.0196. The van der Waals surface area contributed by atoms with Crippen LogP contribution >= 0.6 is 12.2 Å². The predicted octanol–water partition coefficient (Wildman–Crippen LogP) is 5.33. The molecule has 1 aromatic heterocycles. The molecule has 0 saturated heterocycles. The number of hydrogen-bond acceptors (Lipinski definition) is 8.